The van der Waals surface area contributed by atoms with Gasteiger partial charge < -0.3 is 10.3 Å². The average molecular weight is 421 g/mol. The lowest BCUT2D eigenvalue weighted by atomic mass is 10.1. The van der Waals surface area contributed by atoms with Gasteiger partial charge in [-0.2, -0.15) is 0 Å². The zero-order valence-corrected chi connectivity index (χ0v) is 18.2. The van der Waals surface area contributed by atoms with E-state index in [0.717, 1.165) is 39.5 Å². The van der Waals surface area contributed by atoms with Crippen molar-refractivity contribution in [2.75, 3.05) is 5.75 Å². The van der Waals surface area contributed by atoms with Crippen LogP contribution in [-0.2, 0) is 4.79 Å². The molecule has 0 aliphatic rings. The second kappa shape index (κ2) is 8.31. The number of nitrogens with one attached hydrogen (secondary N) is 2. The maximum absolute atomic E-state index is 12.6. The van der Waals surface area contributed by atoms with Gasteiger partial charge in [0.15, 0.2) is 5.16 Å². The molecule has 2 aromatic heterocycles. The molecule has 1 atom stereocenters. The van der Waals surface area contributed by atoms with Crippen molar-refractivity contribution in [2.24, 2.45) is 0 Å². The minimum atomic E-state index is -0.218. The summed E-state index contributed by atoms with van der Waals surface area (Å²) in [5.41, 5.74) is 5.18. The van der Waals surface area contributed by atoms with E-state index in [1.807, 2.05) is 42.7 Å². The van der Waals surface area contributed by atoms with Crippen LogP contribution in [0.1, 0.15) is 35.7 Å². The highest BCUT2D eigenvalue weighted by Gasteiger charge is 2.17. The van der Waals surface area contributed by atoms with E-state index in [1.165, 1.54) is 11.8 Å². The van der Waals surface area contributed by atoms with Crippen LogP contribution in [0, 0.1) is 20.8 Å². The molecule has 0 bridgehead atoms. The Labute approximate surface area is 179 Å². The van der Waals surface area contributed by atoms with Gasteiger partial charge in [0.05, 0.1) is 28.5 Å². The quantitative estimate of drug-likeness (QED) is 0.460. The van der Waals surface area contributed by atoms with E-state index in [4.69, 9.17) is 0 Å². The van der Waals surface area contributed by atoms with Crippen LogP contribution in [0.25, 0.3) is 16.7 Å². The number of amides is 1. The lowest BCUT2D eigenvalue weighted by Crippen LogP contribution is -2.29. The largest absolute Gasteiger partial charge is 0.346 e. The number of imidazole rings is 1. The van der Waals surface area contributed by atoms with E-state index in [9.17, 15) is 4.79 Å². The molecule has 30 heavy (non-hydrogen) atoms. The molecule has 0 saturated carbocycles. The number of hydrogen-bond acceptors (Lipinski definition) is 5. The van der Waals surface area contributed by atoms with Gasteiger partial charge in [-0.15, -0.1) is 10.2 Å². The van der Waals surface area contributed by atoms with Crippen LogP contribution < -0.4 is 5.32 Å². The minimum absolute atomic E-state index is 0.0823. The Kier molecular flexibility index (Phi) is 5.59. The predicted molar refractivity (Wildman–Crippen MR) is 119 cm³/mol. The molecule has 0 aliphatic carbocycles. The Bertz CT molecular complexity index is 1180. The third-order valence-electron chi connectivity index (χ3n) is 4.93. The average Bonchev–Trinajstić information content (AvgIpc) is 3.32. The smallest absolute Gasteiger partial charge is 0.231 e. The molecule has 0 saturated heterocycles. The molecule has 0 radical (unpaired) electrons. The molecule has 0 aliphatic heterocycles. The Balaban J connectivity index is 1.45. The number of carbonyl (C=O) groups is 1. The summed E-state index contributed by atoms with van der Waals surface area (Å²) < 4.78 is 2.00. The number of H-pyrrole nitrogens is 1. The van der Waals surface area contributed by atoms with Crippen LogP contribution >= 0.6 is 11.8 Å². The Morgan fingerprint density at radius 1 is 1.17 bits per heavy atom. The highest BCUT2D eigenvalue weighted by Crippen LogP contribution is 2.25. The van der Waals surface area contributed by atoms with Gasteiger partial charge in [0.1, 0.15) is 11.6 Å². The predicted octanol–water partition coefficient (Wildman–Crippen LogP) is 4.04. The molecular weight excluding hydrogens is 396 g/mol. The van der Waals surface area contributed by atoms with Crippen LogP contribution in [0.2, 0.25) is 0 Å². The monoisotopic (exact) mass is 420 g/mol. The molecule has 154 valence electrons. The van der Waals surface area contributed by atoms with Crippen molar-refractivity contribution in [1.82, 2.24) is 30.0 Å². The first-order valence-corrected chi connectivity index (χ1v) is 10.8. The van der Waals surface area contributed by atoms with Crippen LogP contribution in [0.5, 0.6) is 0 Å². The van der Waals surface area contributed by atoms with Crippen LogP contribution in [0.15, 0.2) is 47.6 Å². The first-order valence-electron chi connectivity index (χ1n) is 9.79. The molecule has 0 fully saturated rings. The SMILES string of the molecule is Cc1ccc(C)c(-n2c(C)nnc2SCC(=O)NC(C)c2nc3ccccc3[nH]2)c1. The first kappa shape index (κ1) is 20.2. The lowest BCUT2D eigenvalue weighted by Gasteiger charge is -2.13. The normalized spacial score (nSPS) is 12.3. The van der Waals surface area contributed by atoms with Gasteiger partial charge in [0.25, 0.3) is 0 Å². The number of aromatic amines is 1. The fourth-order valence-electron chi connectivity index (χ4n) is 3.33. The number of aryl methyl sites for hydroxylation is 3. The summed E-state index contributed by atoms with van der Waals surface area (Å²) >= 11 is 1.37. The molecule has 2 aromatic carbocycles. The van der Waals surface area contributed by atoms with Crippen molar-refractivity contribution < 1.29 is 4.79 Å². The minimum Gasteiger partial charge on any atom is -0.346 e. The van der Waals surface area contributed by atoms with E-state index in [1.54, 1.807) is 0 Å². The van der Waals surface area contributed by atoms with Gasteiger partial charge in [-0.05, 0) is 57.0 Å². The summed E-state index contributed by atoms with van der Waals surface area (Å²) in [5.74, 6) is 1.69. The molecule has 7 nitrogen and oxygen atoms in total. The number of hydrogen-bond donors (Lipinski definition) is 2. The number of aromatic nitrogens is 5. The fraction of sp³-hybridized carbons (Fsp3) is 0.273. The molecule has 4 rings (SSSR count). The summed E-state index contributed by atoms with van der Waals surface area (Å²) in [5, 5.41) is 12.2. The van der Waals surface area contributed by atoms with Crippen molar-refractivity contribution in [1.29, 1.82) is 0 Å². The summed E-state index contributed by atoms with van der Waals surface area (Å²) in [6, 6.07) is 13.9. The second-order valence-electron chi connectivity index (χ2n) is 7.37. The Morgan fingerprint density at radius 2 is 1.97 bits per heavy atom. The third-order valence-corrected chi connectivity index (χ3v) is 5.86. The van der Waals surface area contributed by atoms with Crippen LogP contribution in [-0.4, -0.2) is 36.4 Å². The molecule has 1 amide bonds. The van der Waals surface area contributed by atoms with E-state index in [0.29, 0.717) is 5.16 Å². The molecule has 0 spiro atoms. The van der Waals surface area contributed by atoms with Gasteiger partial charge in [-0.1, -0.05) is 36.0 Å². The highest BCUT2D eigenvalue weighted by atomic mass is 32.2. The summed E-state index contributed by atoms with van der Waals surface area (Å²) in [6.07, 6.45) is 0. The van der Waals surface area contributed by atoms with E-state index in [2.05, 4.69) is 57.5 Å². The number of nitrogens with zero attached hydrogens (tertiary/aromatic N) is 4. The Hall–Kier alpha value is -3.13. The summed E-state index contributed by atoms with van der Waals surface area (Å²) in [6.45, 7) is 7.96. The second-order valence-corrected chi connectivity index (χ2v) is 8.31. The molecule has 8 heteroatoms. The zero-order chi connectivity index (χ0) is 21.3. The van der Waals surface area contributed by atoms with Gasteiger partial charge in [0, 0.05) is 0 Å². The highest BCUT2D eigenvalue weighted by molar-refractivity contribution is 7.99. The van der Waals surface area contributed by atoms with Crippen LogP contribution in [0.3, 0.4) is 0 Å². The number of benzene rings is 2. The van der Waals surface area contributed by atoms with Gasteiger partial charge in [-0.3, -0.25) is 9.36 Å². The first-order chi connectivity index (χ1) is 14.4. The van der Waals surface area contributed by atoms with Gasteiger partial charge >= 0.3 is 0 Å². The van der Waals surface area contributed by atoms with Crippen molar-refractivity contribution in [3.8, 4) is 5.69 Å². The van der Waals surface area contributed by atoms with Gasteiger partial charge in [-0.25, -0.2) is 4.98 Å². The topological polar surface area (TPSA) is 88.5 Å². The molecule has 2 heterocycles. The van der Waals surface area contributed by atoms with Crippen molar-refractivity contribution in [3.63, 3.8) is 0 Å². The number of rotatable bonds is 6. The lowest BCUT2D eigenvalue weighted by molar-refractivity contribution is -0.119. The van der Waals surface area contributed by atoms with E-state index < -0.39 is 0 Å². The molecular formula is C22H24N6OS. The number of carbonyl (C=O) groups excluding carboxylic acids is 1. The van der Waals surface area contributed by atoms with E-state index >= 15 is 0 Å². The maximum atomic E-state index is 12.6. The van der Waals surface area contributed by atoms with Crippen molar-refractivity contribution >= 4 is 28.7 Å². The third kappa shape index (κ3) is 4.09. The molecule has 4 aromatic rings. The summed E-state index contributed by atoms with van der Waals surface area (Å²) in [4.78, 5) is 20.4. The van der Waals surface area contributed by atoms with E-state index in [-0.39, 0.29) is 17.7 Å². The summed E-state index contributed by atoms with van der Waals surface area (Å²) in [7, 11) is 0. The number of para-hydroxylation sites is 2. The number of fused-ring (bicyclic) bond motifs is 1. The standard InChI is InChI=1S/C22H24N6OS/c1-13-9-10-14(2)19(11-13)28-16(4)26-27-22(28)30-12-20(29)23-15(3)21-24-17-7-5-6-8-18(17)25-21/h5-11,15H,12H2,1-4H3,(H,23,29)(H,24,25). The fourth-order valence-corrected chi connectivity index (χ4v) is 4.13. The van der Waals surface area contributed by atoms with Gasteiger partial charge in [0.2, 0.25) is 5.91 Å². The molecule has 2 N–H and O–H groups in total. The zero-order valence-electron chi connectivity index (χ0n) is 17.4. The van der Waals surface area contributed by atoms with Crippen molar-refractivity contribution in [3.05, 3.63) is 65.2 Å². The maximum Gasteiger partial charge on any atom is 0.231 e. The number of thioether (sulfide) groups is 1. The van der Waals surface area contributed by atoms with Crippen molar-refractivity contribution in [2.45, 2.75) is 38.9 Å². The molecule has 1 unspecified atom stereocenters. The van der Waals surface area contributed by atoms with Crippen LogP contribution in [0.4, 0.5) is 0 Å². The Morgan fingerprint density at radius 3 is 2.77 bits per heavy atom.